The van der Waals surface area contributed by atoms with Gasteiger partial charge in [-0.2, -0.15) is 0 Å². The largest absolute Gasteiger partial charge is 0.375 e. The molecule has 0 amide bonds. The quantitative estimate of drug-likeness (QED) is 0.214. The topological polar surface area (TPSA) is 59.0 Å². The van der Waals surface area contributed by atoms with E-state index in [2.05, 4.69) is 20.2 Å². The van der Waals surface area contributed by atoms with Crippen LogP contribution in [0.25, 0.3) is 0 Å². The molecule has 2 aliphatic rings. The van der Waals surface area contributed by atoms with Crippen LogP contribution >= 0.6 is 47.1 Å². The number of hydrogen-bond acceptors (Lipinski definition) is 6. The van der Waals surface area contributed by atoms with E-state index in [0.29, 0.717) is 0 Å². The number of nitrogens with one attached hydrogen (secondary N) is 1. The number of morpholine rings is 1. The highest BCUT2D eigenvalue weighted by Crippen LogP contribution is 2.21. The van der Waals surface area contributed by atoms with Gasteiger partial charge in [0.2, 0.25) is 0 Å². The summed E-state index contributed by atoms with van der Waals surface area (Å²) in [6.07, 6.45) is 5.62. The minimum Gasteiger partial charge on any atom is -0.375 e. The molecule has 3 heterocycles. The number of rotatable bonds is 6. The average molecular weight is 498 g/mol. The lowest BCUT2D eigenvalue weighted by molar-refractivity contribution is -0.0816. The number of aromatic nitrogens is 1. The van der Waals surface area contributed by atoms with Crippen LogP contribution in [0.4, 0.5) is 0 Å². The third-order valence-corrected chi connectivity index (χ3v) is 6.28. The molecule has 25 heavy (non-hydrogen) atoms. The van der Waals surface area contributed by atoms with Gasteiger partial charge in [-0.05, 0) is 19.3 Å². The lowest BCUT2D eigenvalue weighted by Crippen LogP contribution is -2.53. The molecular formula is C16H27IN4O2S2. The molecule has 3 rings (SSSR count). The second-order valence-corrected chi connectivity index (χ2v) is 8.12. The second kappa shape index (κ2) is 11.6. The Morgan fingerprint density at radius 1 is 1.44 bits per heavy atom. The monoisotopic (exact) mass is 498 g/mol. The highest BCUT2D eigenvalue weighted by atomic mass is 127. The molecule has 2 atom stereocenters. The summed E-state index contributed by atoms with van der Waals surface area (Å²) in [5, 5.41) is 5.50. The van der Waals surface area contributed by atoms with Crippen LogP contribution in [0.15, 0.2) is 20.9 Å². The number of nitrogens with zero attached hydrogens (tertiary/aromatic N) is 3. The lowest BCUT2D eigenvalue weighted by atomic mass is 10.1. The van der Waals surface area contributed by atoms with Crippen molar-refractivity contribution in [3.63, 3.8) is 0 Å². The number of guanidine groups is 1. The molecule has 1 N–H and O–H groups in total. The number of ether oxygens (including phenoxy) is 2. The minimum absolute atomic E-state index is 0. The number of aliphatic imine (C=N–C) groups is 1. The molecule has 6 nitrogen and oxygen atoms in total. The van der Waals surface area contributed by atoms with Gasteiger partial charge in [-0.3, -0.25) is 4.99 Å². The van der Waals surface area contributed by atoms with Gasteiger partial charge in [0.1, 0.15) is 10.4 Å². The summed E-state index contributed by atoms with van der Waals surface area (Å²) in [4.78, 5) is 11.0. The van der Waals surface area contributed by atoms with Crippen molar-refractivity contribution in [3.8, 4) is 0 Å². The molecule has 0 radical (unpaired) electrons. The zero-order chi connectivity index (χ0) is 16.6. The summed E-state index contributed by atoms with van der Waals surface area (Å²) < 4.78 is 12.8. The molecule has 1 aromatic heterocycles. The number of hydrogen-bond donors (Lipinski definition) is 1. The van der Waals surface area contributed by atoms with Crippen molar-refractivity contribution < 1.29 is 9.47 Å². The summed E-state index contributed by atoms with van der Waals surface area (Å²) in [6.45, 7) is 4.28. The fraction of sp³-hybridized carbons (Fsp3) is 0.750. The van der Waals surface area contributed by atoms with Gasteiger partial charge in [-0.25, -0.2) is 4.98 Å². The Hall–Kier alpha value is -0.100. The normalized spacial score (nSPS) is 24.2. The van der Waals surface area contributed by atoms with E-state index in [1.165, 1.54) is 0 Å². The van der Waals surface area contributed by atoms with Crippen molar-refractivity contribution in [3.05, 3.63) is 11.6 Å². The Labute approximate surface area is 175 Å². The van der Waals surface area contributed by atoms with Crippen molar-refractivity contribution in [1.29, 1.82) is 0 Å². The van der Waals surface area contributed by atoms with Crippen LogP contribution in [0.5, 0.6) is 0 Å². The van der Waals surface area contributed by atoms with Crippen molar-refractivity contribution in [2.45, 2.75) is 35.8 Å². The molecule has 2 unspecified atom stereocenters. The summed E-state index contributed by atoms with van der Waals surface area (Å²) >= 11 is 3.52. The molecular weight excluding hydrogens is 471 g/mol. The maximum atomic E-state index is 5.91. The first-order chi connectivity index (χ1) is 11.9. The third-order valence-electron chi connectivity index (χ3n) is 4.22. The Morgan fingerprint density at radius 2 is 2.32 bits per heavy atom. The van der Waals surface area contributed by atoms with Gasteiger partial charge < -0.3 is 19.7 Å². The average Bonchev–Trinajstić information content (AvgIpc) is 3.32. The Kier molecular flexibility index (Phi) is 9.82. The summed E-state index contributed by atoms with van der Waals surface area (Å²) in [7, 11) is 1.85. The van der Waals surface area contributed by atoms with Gasteiger partial charge in [0, 0.05) is 50.6 Å². The lowest BCUT2D eigenvalue weighted by Gasteiger charge is -2.37. The van der Waals surface area contributed by atoms with E-state index in [4.69, 9.17) is 9.47 Å². The van der Waals surface area contributed by atoms with Gasteiger partial charge >= 0.3 is 0 Å². The summed E-state index contributed by atoms with van der Waals surface area (Å²) in [6, 6.07) is 0. The fourth-order valence-corrected chi connectivity index (χ4v) is 4.68. The molecule has 0 aromatic carbocycles. The van der Waals surface area contributed by atoms with E-state index < -0.39 is 0 Å². The standard InChI is InChI=1S/C16H26N4O2S2.HI/c1-17-15(18-5-3-10-23-16-19-6-11-24-16)20-7-9-22-14(12-20)13-4-2-8-21-13;/h6,11,13-14H,2-5,7-10,12H2,1H3,(H,17,18);1H. The van der Waals surface area contributed by atoms with Crippen LogP contribution in [0, 0.1) is 0 Å². The fourth-order valence-electron chi connectivity index (χ4n) is 3.03. The van der Waals surface area contributed by atoms with Crippen LogP contribution in [0.3, 0.4) is 0 Å². The van der Waals surface area contributed by atoms with Gasteiger partial charge in [-0.15, -0.1) is 35.3 Å². The Bertz CT molecular complexity index is 512. The van der Waals surface area contributed by atoms with E-state index in [1.54, 1.807) is 11.3 Å². The predicted molar refractivity (Wildman–Crippen MR) is 115 cm³/mol. The number of thiazole rings is 1. The smallest absolute Gasteiger partial charge is 0.193 e. The minimum atomic E-state index is 0. The maximum Gasteiger partial charge on any atom is 0.193 e. The van der Waals surface area contributed by atoms with Crippen LogP contribution in [0.2, 0.25) is 0 Å². The van der Waals surface area contributed by atoms with Gasteiger partial charge in [-0.1, -0.05) is 11.8 Å². The molecule has 0 bridgehead atoms. The van der Waals surface area contributed by atoms with E-state index in [1.807, 2.05) is 30.4 Å². The molecule has 0 spiro atoms. The van der Waals surface area contributed by atoms with Gasteiger partial charge in [0.15, 0.2) is 5.96 Å². The first-order valence-electron chi connectivity index (χ1n) is 8.58. The number of halogens is 1. The van der Waals surface area contributed by atoms with Crippen LogP contribution < -0.4 is 5.32 Å². The molecule has 0 saturated carbocycles. The van der Waals surface area contributed by atoms with Crippen LogP contribution in [0.1, 0.15) is 19.3 Å². The van der Waals surface area contributed by atoms with Crippen molar-refractivity contribution in [1.82, 2.24) is 15.2 Å². The molecule has 2 aliphatic heterocycles. The summed E-state index contributed by atoms with van der Waals surface area (Å²) in [5.74, 6) is 2.04. The van der Waals surface area contributed by atoms with Crippen LogP contribution in [-0.4, -0.2) is 73.7 Å². The first-order valence-corrected chi connectivity index (χ1v) is 10.4. The molecule has 9 heteroatoms. The number of thioether (sulfide) groups is 1. The highest BCUT2D eigenvalue weighted by molar-refractivity contribution is 14.0. The zero-order valence-corrected chi connectivity index (χ0v) is 18.5. The first kappa shape index (κ1) is 21.2. The van der Waals surface area contributed by atoms with E-state index in [0.717, 1.165) is 68.2 Å². The van der Waals surface area contributed by atoms with E-state index in [-0.39, 0.29) is 36.2 Å². The second-order valence-electron chi connectivity index (χ2n) is 5.88. The van der Waals surface area contributed by atoms with E-state index in [9.17, 15) is 0 Å². The Balaban J connectivity index is 0.00000225. The third kappa shape index (κ3) is 6.53. The molecule has 142 valence electrons. The predicted octanol–water partition coefficient (Wildman–Crippen LogP) is 2.70. The molecule has 1 aromatic rings. The zero-order valence-electron chi connectivity index (χ0n) is 14.6. The molecule has 2 fully saturated rings. The Morgan fingerprint density at radius 3 is 3.04 bits per heavy atom. The molecule has 2 saturated heterocycles. The van der Waals surface area contributed by atoms with Gasteiger partial charge in [0.05, 0.1) is 12.7 Å². The SMILES string of the molecule is CN=C(NCCCSc1nccs1)N1CCOC(C2CCCO2)C1.I. The molecule has 0 aliphatic carbocycles. The highest BCUT2D eigenvalue weighted by Gasteiger charge is 2.32. The van der Waals surface area contributed by atoms with Crippen LogP contribution in [-0.2, 0) is 9.47 Å². The maximum absolute atomic E-state index is 5.91. The van der Waals surface area contributed by atoms with Crippen molar-refractivity contribution >= 4 is 53.0 Å². The van der Waals surface area contributed by atoms with Crippen molar-refractivity contribution in [2.24, 2.45) is 4.99 Å². The summed E-state index contributed by atoms with van der Waals surface area (Å²) in [5.41, 5.74) is 0. The van der Waals surface area contributed by atoms with Gasteiger partial charge in [0.25, 0.3) is 0 Å². The van der Waals surface area contributed by atoms with Crippen molar-refractivity contribution in [2.75, 3.05) is 45.6 Å². The van der Waals surface area contributed by atoms with E-state index >= 15 is 0 Å².